The van der Waals surface area contributed by atoms with Gasteiger partial charge in [0, 0.05) is 28.3 Å². The van der Waals surface area contributed by atoms with Crippen molar-refractivity contribution in [2.45, 2.75) is 73.6 Å². The molecule has 0 spiro atoms. The van der Waals surface area contributed by atoms with Crippen LogP contribution in [0.25, 0.3) is 0 Å². The third-order valence-corrected chi connectivity index (χ3v) is 7.08. The number of aliphatic hydroxyl groups excluding tert-OH is 1. The molecular formula is C32H40N2O2. The van der Waals surface area contributed by atoms with Gasteiger partial charge in [-0.25, -0.2) is 0 Å². The molecule has 0 radical (unpaired) electrons. The lowest BCUT2D eigenvalue weighted by molar-refractivity contribution is 0.101. The minimum Gasteiger partial charge on any atom is -0.389 e. The molecule has 4 nitrogen and oxygen atoms in total. The molecule has 0 aliphatic rings. The predicted molar refractivity (Wildman–Crippen MR) is 149 cm³/mol. The fourth-order valence-electron chi connectivity index (χ4n) is 4.98. The SMILES string of the molecule is CC(=O)c1cccc([C@@H](C)n2c(C)ccc2C)c1.Cc1ccc(C)n1[C@H](C)c1cccc(C(C)O)c1. The Bertz CT molecular complexity index is 1290. The molecule has 2 aromatic heterocycles. The Labute approximate surface area is 216 Å². The molecule has 4 heteroatoms. The predicted octanol–water partition coefficient (Wildman–Crippen LogP) is 7.68. The Morgan fingerprint density at radius 1 is 0.639 bits per heavy atom. The van der Waals surface area contributed by atoms with Crippen LogP contribution < -0.4 is 0 Å². The summed E-state index contributed by atoms with van der Waals surface area (Å²) >= 11 is 0. The molecule has 0 aliphatic heterocycles. The van der Waals surface area contributed by atoms with Crippen LogP contribution in [0.5, 0.6) is 0 Å². The molecule has 1 N–H and O–H groups in total. The average molecular weight is 485 g/mol. The summed E-state index contributed by atoms with van der Waals surface area (Å²) in [5, 5.41) is 9.66. The maximum Gasteiger partial charge on any atom is 0.159 e. The van der Waals surface area contributed by atoms with Gasteiger partial charge in [0.1, 0.15) is 0 Å². The van der Waals surface area contributed by atoms with Crippen LogP contribution in [0.1, 0.15) is 95.7 Å². The first-order valence-electron chi connectivity index (χ1n) is 12.7. The summed E-state index contributed by atoms with van der Waals surface area (Å²) in [6.45, 7) is 16.2. The highest BCUT2D eigenvalue weighted by Gasteiger charge is 2.14. The normalized spacial score (nSPS) is 13.5. The standard InChI is InChI=1S/C16H21NO.C16H19NO/c2*1-11-8-9-12(2)17(11)13(3)15-6-5-7-16(10-15)14(4)18/h5-10,13-14,18H,1-4H3;5-10,13H,1-4H3/t13-,14?;13-/m11/s1. The Hall–Kier alpha value is -3.37. The molecule has 190 valence electrons. The highest BCUT2D eigenvalue weighted by atomic mass is 16.3. The Balaban J connectivity index is 0.000000201. The van der Waals surface area contributed by atoms with Gasteiger partial charge >= 0.3 is 0 Å². The van der Waals surface area contributed by atoms with Crippen molar-refractivity contribution in [2.75, 3.05) is 0 Å². The molecule has 0 bridgehead atoms. The molecule has 3 atom stereocenters. The second-order valence-electron chi connectivity index (χ2n) is 9.85. The fourth-order valence-corrected chi connectivity index (χ4v) is 4.98. The van der Waals surface area contributed by atoms with Crippen LogP contribution in [-0.4, -0.2) is 20.0 Å². The van der Waals surface area contributed by atoms with E-state index >= 15 is 0 Å². The van der Waals surface area contributed by atoms with Gasteiger partial charge in [-0.3, -0.25) is 4.79 Å². The number of ketones is 1. The number of rotatable bonds is 6. The lowest BCUT2D eigenvalue weighted by atomic mass is 10.0. The minimum atomic E-state index is -0.413. The van der Waals surface area contributed by atoms with Crippen molar-refractivity contribution in [1.29, 1.82) is 0 Å². The zero-order chi connectivity index (χ0) is 26.6. The third-order valence-electron chi connectivity index (χ3n) is 7.08. The van der Waals surface area contributed by atoms with Gasteiger partial charge in [-0.1, -0.05) is 42.5 Å². The molecular weight excluding hydrogens is 444 g/mol. The number of aliphatic hydroxyl groups is 1. The summed E-state index contributed by atoms with van der Waals surface area (Å²) in [5.74, 6) is 0.116. The first-order chi connectivity index (χ1) is 17.0. The zero-order valence-electron chi connectivity index (χ0n) is 22.9. The van der Waals surface area contributed by atoms with Crippen molar-refractivity contribution >= 4 is 5.78 Å². The van der Waals surface area contributed by atoms with Crippen LogP contribution in [0.2, 0.25) is 0 Å². The number of Topliss-reactive ketones (excluding diaryl/α,β-unsaturated/α-hetero) is 1. The molecule has 1 unspecified atom stereocenters. The quantitative estimate of drug-likeness (QED) is 0.285. The van der Waals surface area contributed by atoms with Crippen molar-refractivity contribution in [3.05, 3.63) is 118 Å². The van der Waals surface area contributed by atoms with Crippen LogP contribution in [0.3, 0.4) is 0 Å². The molecule has 0 saturated heterocycles. The summed E-state index contributed by atoms with van der Waals surface area (Å²) in [5.41, 5.74) is 9.18. The van der Waals surface area contributed by atoms with E-state index in [-0.39, 0.29) is 11.8 Å². The van der Waals surface area contributed by atoms with Gasteiger partial charge in [0.05, 0.1) is 18.2 Å². The van der Waals surface area contributed by atoms with E-state index in [4.69, 9.17) is 0 Å². The number of aromatic nitrogens is 2. The van der Waals surface area contributed by atoms with Gasteiger partial charge in [0.15, 0.2) is 5.78 Å². The van der Waals surface area contributed by atoms with Gasteiger partial charge in [0.2, 0.25) is 0 Å². The Morgan fingerprint density at radius 2 is 1.03 bits per heavy atom. The van der Waals surface area contributed by atoms with E-state index in [0.717, 1.165) is 11.1 Å². The molecule has 2 heterocycles. The summed E-state index contributed by atoms with van der Waals surface area (Å²) in [6, 6.07) is 25.2. The maximum absolute atomic E-state index is 11.4. The number of benzene rings is 2. The molecule has 4 rings (SSSR count). The van der Waals surface area contributed by atoms with Crippen LogP contribution in [0.4, 0.5) is 0 Å². The lowest BCUT2D eigenvalue weighted by Gasteiger charge is -2.20. The van der Waals surface area contributed by atoms with Crippen molar-refractivity contribution in [2.24, 2.45) is 0 Å². The molecule has 36 heavy (non-hydrogen) atoms. The van der Waals surface area contributed by atoms with Crippen molar-refractivity contribution in [3.8, 4) is 0 Å². The van der Waals surface area contributed by atoms with E-state index < -0.39 is 6.10 Å². The van der Waals surface area contributed by atoms with Gasteiger partial charge in [-0.2, -0.15) is 0 Å². The zero-order valence-corrected chi connectivity index (χ0v) is 22.9. The van der Waals surface area contributed by atoms with Gasteiger partial charge in [-0.15, -0.1) is 0 Å². The summed E-state index contributed by atoms with van der Waals surface area (Å²) in [6.07, 6.45) is -0.413. The minimum absolute atomic E-state index is 0.116. The van der Waals surface area contributed by atoms with E-state index in [1.807, 2.05) is 30.3 Å². The Morgan fingerprint density at radius 3 is 1.44 bits per heavy atom. The highest BCUT2D eigenvalue weighted by molar-refractivity contribution is 5.94. The molecule has 0 fully saturated rings. The van der Waals surface area contributed by atoms with Crippen molar-refractivity contribution in [3.63, 3.8) is 0 Å². The molecule has 4 aromatic rings. The number of hydrogen-bond acceptors (Lipinski definition) is 2. The number of aryl methyl sites for hydroxylation is 4. The van der Waals surface area contributed by atoms with Gasteiger partial charge < -0.3 is 14.2 Å². The summed E-state index contributed by atoms with van der Waals surface area (Å²) < 4.78 is 4.61. The molecule has 0 saturated carbocycles. The molecule has 0 amide bonds. The molecule has 2 aromatic carbocycles. The maximum atomic E-state index is 11.4. The van der Waals surface area contributed by atoms with Crippen LogP contribution in [0.15, 0.2) is 72.8 Å². The lowest BCUT2D eigenvalue weighted by Crippen LogP contribution is -2.10. The number of nitrogens with zero attached hydrogens (tertiary/aromatic N) is 2. The van der Waals surface area contributed by atoms with E-state index in [2.05, 4.69) is 93.1 Å². The Kier molecular flexibility index (Phi) is 8.75. The third kappa shape index (κ3) is 6.06. The first-order valence-corrected chi connectivity index (χ1v) is 12.7. The van der Waals surface area contributed by atoms with E-state index in [0.29, 0.717) is 6.04 Å². The van der Waals surface area contributed by atoms with Crippen molar-refractivity contribution < 1.29 is 9.90 Å². The van der Waals surface area contributed by atoms with Crippen LogP contribution >= 0.6 is 0 Å². The van der Waals surface area contributed by atoms with Crippen molar-refractivity contribution in [1.82, 2.24) is 9.13 Å². The smallest absolute Gasteiger partial charge is 0.159 e. The van der Waals surface area contributed by atoms with E-state index in [9.17, 15) is 9.90 Å². The van der Waals surface area contributed by atoms with Crippen LogP contribution in [0, 0.1) is 27.7 Å². The monoisotopic (exact) mass is 484 g/mol. The van der Waals surface area contributed by atoms with Gasteiger partial charge in [0.25, 0.3) is 0 Å². The highest BCUT2D eigenvalue weighted by Crippen LogP contribution is 2.25. The average Bonchev–Trinajstić information content (AvgIpc) is 3.38. The number of carbonyl (C=O) groups is 1. The second-order valence-corrected chi connectivity index (χ2v) is 9.85. The molecule has 0 aliphatic carbocycles. The second kappa shape index (κ2) is 11.6. The van der Waals surface area contributed by atoms with Gasteiger partial charge in [-0.05, 0) is 102 Å². The fraction of sp³-hybridized carbons (Fsp3) is 0.344. The summed E-state index contributed by atoms with van der Waals surface area (Å²) in [4.78, 5) is 11.4. The largest absolute Gasteiger partial charge is 0.389 e. The van der Waals surface area contributed by atoms with Crippen LogP contribution in [-0.2, 0) is 0 Å². The van der Waals surface area contributed by atoms with E-state index in [1.54, 1.807) is 13.8 Å². The number of carbonyl (C=O) groups excluding carboxylic acids is 1. The number of hydrogen-bond donors (Lipinski definition) is 1. The topological polar surface area (TPSA) is 47.2 Å². The first kappa shape index (κ1) is 27.2. The summed E-state index contributed by atoms with van der Waals surface area (Å²) in [7, 11) is 0. The van der Waals surface area contributed by atoms with E-state index in [1.165, 1.54) is 33.9 Å².